The van der Waals surface area contributed by atoms with Crippen molar-refractivity contribution in [2.75, 3.05) is 33.4 Å². The van der Waals surface area contributed by atoms with Gasteiger partial charge in [0, 0.05) is 80.3 Å². The molecular weight excluding hydrogens is 2030 g/mol. The molecule has 4 aliphatic rings. The summed E-state index contributed by atoms with van der Waals surface area (Å²) >= 11 is 22.0. The van der Waals surface area contributed by atoms with Gasteiger partial charge in [-0.2, -0.15) is 18.3 Å². The van der Waals surface area contributed by atoms with E-state index in [1.807, 2.05) is 29.6 Å². The first-order valence-corrected chi connectivity index (χ1v) is 42.9. The minimum Gasteiger partial charge on any atom is -0.454 e. The molecular formula is C99H58BrCl3F16N8O15. The molecule has 0 radical (unpaired) electrons. The first kappa shape index (κ1) is 100. The summed E-state index contributed by atoms with van der Waals surface area (Å²) in [5, 5.41) is 27.8. The van der Waals surface area contributed by atoms with Crippen molar-refractivity contribution in [1.82, 2.24) is 9.78 Å². The predicted molar refractivity (Wildman–Crippen MR) is 492 cm³/mol. The minimum absolute atomic E-state index is 0.00261. The van der Waals surface area contributed by atoms with Crippen LogP contribution >= 0.6 is 50.7 Å². The molecule has 5 heterocycles. The fourth-order valence-electron chi connectivity index (χ4n) is 13.9. The average molecular weight is 2090 g/mol. The number of nitrogens with zero attached hydrogens (tertiary/aromatic N) is 3. The summed E-state index contributed by atoms with van der Waals surface area (Å²) in [4.78, 5) is 71.7. The molecule has 19 rings (SSSR count). The maximum absolute atomic E-state index is 13.7. The largest absolute Gasteiger partial charge is 0.586 e. The molecule has 0 atom stereocenters. The van der Waals surface area contributed by atoms with Gasteiger partial charge in [-0.1, -0.05) is 148 Å². The smallest absolute Gasteiger partial charge is 0.454 e. The second-order valence-corrected chi connectivity index (χ2v) is 32.0. The highest BCUT2D eigenvalue weighted by molar-refractivity contribution is 9.10. The second kappa shape index (κ2) is 41.8. The van der Waals surface area contributed by atoms with Crippen LogP contribution in [0.5, 0.6) is 46.0 Å². The quantitative estimate of drug-likeness (QED) is 0.0322. The normalized spacial score (nSPS) is 13.1. The molecule has 0 saturated heterocycles. The summed E-state index contributed by atoms with van der Waals surface area (Å²) in [6.07, 6.45) is -16.0. The van der Waals surface area contributed by atoms with Crippen molar-refractivity contribution in [3.63, 3.8) is 0 Å². The molecule has 142 heavy (non-hydrogen) atoms. The molecule has 724 valence electrons. The van der Waals surface area contributed by atoms with Crippen molar-refractivity contribution in [2.24, 2.45) is 0 Å². The SMILES string of the molecule is CCn1nc(C(F)(F)F)cc1-c1ccc(C(=O)Nc2c(F)cccc2F)cc1[N+](=O)[O-].O=C(Nc1ccc(-c2cc3c(cc2Br)OCO3)cc1)c1ccccc1F.O=C(Nc1ccc(-c2cc3c(cc2Cl)OC(F)(F)O3)cc1)c1c(F)cccc1F.O=C(Nc1ccc(-c2cc3c(cc2Cl)OC(F)(F)O3)cc1)c1ccccc1F.O=C(Nc1ccc(-c2cc3c(cc2Cl)OC(F)(F)O3)cc1)c1ccccc1F. The lowest BCUT2D eigenvalue weighted by Crippen LogP contribution is -2.25. The van der Waals surface area contributed by atoms with Gasteiger partial charge in [0.15, 0.2) is 51.7 Å². The summed E-state index contributed by atoms with van der Waals surface area (Å²) in [5.74, 6) is -9.01. The highest BCUT2D eigenvalue weighted by Gasteiger charge is 2.47. The van der Waals surface area contributed by atoms with Crippen LogP contribution in [0.4, 0.5) is 104 Å². The summed E-state index contributed by atoms with van der Waals surface area (Å²) in [6.45, 7) is 1.72. The first-order valence-electron chi connectivity index (χ1n) is 40.9. The van der Waals surface area contributed by atoms with Gasteiger partial charge in [0.05, 0.1) is 47.9 Å². The molecule has 0 unspecified atom stereocenters. The van der Waals surface area contributed by atoms with Crippen molar-refractivity contribution in [2.45, 2.75) is 38.5 Å². The number of ether oxygens (including phenoxy) is 8. The number of aromatic nitrogens is 2. The maximum Gasteiger partial charge on any atom is 0.586 e. The van der Waals surface area contributed by atoms with Crippen LogP contribution in [-0.2, 0) is 12.7 Å². The number of carbonyl (C=O) groups excluding carboxylic acids is 5. The molecule has 0 spiro atoms. The maximum atomic E-state index is 13.7. The van der Waals surface area contributed by atoms with Gasteiger partial charge in [-0.25, -0.2) is 30.7 Å². The van der Waals surface area contributed by atoms with Gasteiger partial charge in [0.25, 0.3) is 35.2 Å². The van der Waals surface area contributed by atoms with E-state index in [4.69, 9.17) is 44.3 Å². The average Bonchev–Trinajstić information content (AvgIpc) is 1.64. The van der Waals surface area contributed by atoms with Crippen molar-refractivity contribution in [1.29, 1.82) is 0 Å². The van der Waals surface area contributed by atoms with Gasteiger partial charge in [-0.3, -0.25) is 38.8 Å². The van der Waals surface area contributed by atoms with Crippen molar-refractivity contribution < 1.29 is 137 Å². The fraction of sp³-hybridized carbons (Fsp3) is 0.0707. The van der Waals surface area contributed by atoms with E-state index in [0.717, 1.165) is 74.9 Å². The number of rotatable bonds is 17. The van der Waals surface area contributed by atoms with Crippen LogP contribution in [0.1, 0.15) is 64.4 Å². The van der Waals surface area contributed by atoms with Gasteiger partial charge >= 0.3 is 25.1 Å². The lowest BCUT2D eigenvalue weighted by molar-refractivity contribution is -0.384. The molecule has 0 aliphatic carbocycles. The number of amides is 5. The zero-order valence-corrected chi connectivity index (χ0v) is 75.4. The van der Waals surface area contributed by atoms with Crippen LogP contribution in [-0.4, -0.2) is 69.9 Å². The number of nitro benzene ring substituents is 1. The Morgan fingerprint density at radius 2 is 0.711 bits per heavy atom. The van der Waals surface area contributed by atoms with Gasteiger partial charge < -0.3 is 64.5 Å². The number of nitro groups is 1. The molecule has 0 fully saturated rings. The van der Waals surface area contributed by atoms with E-state index in [-0.39, 0.29) is 102 Å². The topological polar surface area (TPSA) is 280 Å². The Hall–Kier alpha value is -16.3. The van der Waals surface area contributed by atoms with E-state index in [1.165, 1.54) is 104 Å². The van der Waals surface area contributed by atoms with E-state index >= 15 is 0 Å². The third kappa shape index (κ3) is 23.5. The number of benzene rings is 14. The number of fused-ring (bicyclic) bond motifs is 4. The molecule has 0 bridgehead atoms. The zero-order valence-electron chi connectivity index (χ0n) is 71.5. The Kier molecular flexibility index (Phi) is 29.4. The van der Waals surface area contributed by atoms with Gasteiger partial charge in [-0.15, -0.1) is 26.3 Å². The number of nitrogens with one attached hydrogen (secondary N) is 5. The van der Waals surface area contributed by atoms with E-state index in [2.05, 4.69) is 70.7 Å². The molecule has 5 N–H and O–H groups in total. The molecule has 4 aliphatic heterocycles. The Bertz CT molecular complexity index is 7240. The lowest BCUT2D eigenvalue weighted by atomic mass is 10.0. The number of anilines is 5. The standard InChI is InChI=1S/C20H13BrFNO3.C20H10ClF4NO3.2C20H11ClF3NO3.C19H13F5N4O3/c21-16-10-19-18(25-11-26-19)9-15(16)12-5-7-13(8-6-12)23-20(24)14-3-1-2-4-17(14)22;21-13-9-17-16(28-20(24,25)29-17)8-12(13)10-4-6-11(7-5-10)26-19(27)18-14(22)2-1-3-15(18)23;2*21-15-10-18-17(27-20(23,24)28-18)9-14(15)11-5-7-12(8-6-11)25-19(26)13-3-1-2-4-16(13)22;1-2-27-14(9-16(26-27)19(22,23)24)11-7-6-10(8-15(11)28(30)31)18(29)25-17-12(20)4-3-5-13(17)21/h1-10H,11H2,(H,23,24);1-9H,(H,26,27);2*1-10H,(H,25,26);3-9H,2H2,1H3,(H,25,29). The van der Waals surface area contributed by atoms with E-state index in [9.17, 15) is 104 Å². The van der Waals surface area contributed by atoms with Crippen LogP contribution in [0.2, 0.25) is 15.1 Å². The van der Waals surface area contributed by atoms with Crippen LogP contribution in [0.15, 0.2) is 284 Å². The number of hydrogen-bond donors (Lipinski definition) is 5. The van der Waals surface area contributed by atoms with Crippen LogP contribution in [0.25, 0.3) is 55.8 Å². The molecule has 15 aromatic rings. The van der Waals surface area contributed by atoms with Crippen LogP contribution in [0.3, 0.4) is 0 Å². The van der Waals surface area contributed by atoms with Crippen molar-refractivity contribution >= 4 is 114 Å². The summed E-state index contributed by atoms with van der Waals surface area (Å²) in [7, 11) is 0. The Morgan fingerprint density at radius 1 is 0.387 bits per heavy atom. The number of hydrogen-bond acceptors (Lipinski definition) is 16. The van der Waals surface area contributed by atoms with Crippen LogP contribution < -0.4 is 64.5 Å². The van der Waals surface area contributed by atoms with E-state index < -0.39 is 123 Å². The summed E-state index contributed by atoms with van der Waals surface area (Å²) in [5.41, 5.74) is 2.46. The summed E-state index contributed by atoms with van der Waals surface area (Å²) < 4.78 is 253. The molecule has 23 nitrogen and oxygen atoms in total. The van der Waals surface area contributed by atoms with Gasteiger partial charge in [0.2, 0.25) is 6.79 Å². The third-order valence-electron chi connectivity index (χ3n) is 20.6. The lowest BCUT2D eigenvalue weighted by Gasteiger charge is -2.09. The Morgan fingerprint density at radius 3 is 1.06 bits per heavy atom. The van der Waals surface area contributed by atoms with Gasteiger partial charge in [-0.05, 0) is 192 Å². The second-order valence-electron chi connectivity index (χ2n) is 30.0. The number of alkyl halides is 9. The molecule has 5 amide bonds. The zero-order chi connectivity index (χ0) is 102. The Labute approximate surface area is 813 Å². The van der Waals surface area contributed by atoms with Crippen LogP contribution in [0, 0.1) is 50.8 Å². The number of carbonyl (C=O) groups is 5. The number of aryl methyl sites for hydroxylation is 1. The van der Waals surface area contributed by atoms with E-state index in [0.29, 0.717) is 68.0 Å². The highest BCUT2D eigenvalue weighted by Crippen LogP contribution is 2.51. The van der Waals surface area contributed by atoms with Crippen molar-refractivity contribution in [3.05, 3.63) is 383 Å². The minimum atomic E-state index is -4.76. The van der Waals surface area contributed by atoms with Gasteiger partial charge in [0.1, 0.15) is 52.0 Å². The molecule has 1 aromatic heterocycles. The number of para-hydroxylation sites is 1. The monoisotopic (exact) mass is 2090 g/mol. The Balaban J connectivity index is 0.000000134. The fourth-order valence-corrected chi connectivity index (χ4v) is 15.3. The molecule has 14 aromatic carbocycles. The summed E-state index contributed by atoms with van der Waals surface area (Å²) in [6, 6.07) is 64.5. The highest BCUT2D eigenvalue weighted by atomic mass is 79.9. The number of halogens is 20. The van der Waals surface area contributed by atoms with Crippen molar-refractivity contribution in [3.8, 4) is 102 Å². The molecule has 43 heteroatoms. The first-order chi connectivity index (χ1) is 67.5. The van der Waals surface area contributed by atoms with E-state index in [1.54, 1.807) is 97.1 Å². The predicted octanol–water partition coefficient (Wildman–Crippen LogP) is 27.6. The third-order valence-corrected chi connectivity index (χ3v) is 22.2. The molecule has 0 saturated carbocycles.